The van der Waals surface area contributed by atoms with Gasteiger partial charge in [-0.05, 0) is 46.2 Å². The van der Waals surface area contributed by atoms with Crippen molar-refractivity contribution in [2.45, 2.75) is 58.0 Å². The van der Waals surface area contributed by atoms with Gasteiger partial charge >= 0.3 is 0 Å². The van der Waals surface area contributed by atoms with Gasteiger partial charge in [0.25, 0.3) is 0 Å². The molecule has 1 aliphatic rings. The van der Waals surface area contributed by atoms with E-state index in [0.29, 0.717) is 54.4 Å². The molecular formula is C26H33Cl2NO3. The third-order valence-electron chi connectivity index (χ3n) is 6.23. The number of halogens is 2. The molecule has 0 aromatic heterocycles. The van der Waals surface area contributed by atoms with E-state index in [0.717, 1.165) is 11.1 Å². The first-order chi connectivity index (χ1) is 15.1. The molecule has 1 atom stereocenters. The van der Waals surface area contributed by atoms with E-state index in [-0.39, 0.29) is 12.5 Å². The zero-order chi connectivity index (χ0) is 23.5. The van der Waals surface area contributed by atoms with Crippen LogP contribution in [0.1, 0.15) is 68.2 Å². The Morgan fingerprint density at radius 1 is 1.06 bits per heavy atom. The average Bonchev–Trinajstić information content (AvgIpc) is 2.75. The van der Waals surface area contributed by atoms with Gasteiger partial charge < -0.3 is 14.7 Å². The summed E-state index contributed by atoms with van der Waals surface area (Å²) in [6.07, 6.45) is 0.714. The quantitative estimate of drug-likeness (QED) is 0.538. The van der Waals surface area contributed by atoms with Crippen LogP contribution in [0.4, 0.5) is 0 Å². The molecule has 6 heteroatoms. The number of carbonyl (C=O) groups is 1. The molecule has 0 spiro atoms. The highest BCUT2D eigenvalue weighted by Crippen LogP contribution is 2.36. The molecule has 2 aromatic carbocycles. The minimum atomic E-state index is -0.806. The van der Waals surface area contributed by atoms with Crippen molar-refractivity contribution >= 4 is 29.1 Å². The minimum Gasteiger partial charge on any atom is -0.396 e. The number of ether oxygens (including phenoxy) is 1. The molecule has 174 valence electrons. The average molecular weight is 478 g/mol. The Balaban J connectivity index is 1.85. The molecular weight excluding hydrogens is 445 g/mol. The predicted molar refractivity (Wildman–Crippen MR) is 131 cm³/mol. The summed E-state index contributed by atoms with van der Waals surface area (Å²) in [5, 5.41) is 10.6. The number of aliphatic hydroxyl groups is 1. The summed E-state index contributed by atoms with van der Waals surface area (Å²) in [6.45, 7) is 9.92. The molecule has 4 nitrogen and oxygen atoms in total. The number of hydrogen-bond acceptors (Lipinski definition) is 3. The first kappa shape index (κ1) is 25.0. The van der Waals surface area contributed by atoms with Gasteiger partial charge in [0.2, 0.25) is 5.91 Å². The first-order valence-electron chi connectivity index (χ1n) is 11.3. The van der Waals surface area contributed by atoms with Gasteiger partial charge in [-0.3, -0.25) is 4.79 Å². The van der Waals surface area contributed by atoms with Crippen molar-refractivity contribution in [3.8, 4) is 0 Å². The SMILES string of the molecule is CC(C)c1cc(CC(=O)N2CCOC(CCO)(c3ccc(Cl)c(Cl)c3)C2)cc(C(C)C)c1. The number of hydrogen-bond donors (Lipinski definition) is 1. The smallest absolute Gasteiger partial charge is 0.227 e. The molecule has 0 radical (unpaired) electrons. The van der Waals surface area contributed by atoms with E-state index in [1.807, 2.05) is 11.0 Å². The molecule has 1 unspecified atom stereocenters. The Bertz CT molecular complexity index is 930. The number of benzene rings is 2. The van der Waals surface area contributed by atoms with E-state index in [1.165, 1.54) is 11.1 Å². The van der Waals surface area contributed by atoms with Crippen LogP contribution in [0.25, 0.3) is 0 Å². The lowest BCUT2D eigenvalue weighted by molar-refractivity contribution is -0.155. The van der Waals surface area contributed by atoms with Gasteiger partial charge in [-0.25, -0.2) is 0 Å². The number of amides is 1. The fourth-order valence-corrected chi connectivity index (χ4v) is 4.53. The zero-order valence-corrected chi connectivity index (χ0v) is 20.8. The van der Waals surface area contributed by atoms with Crippen LogP contribution in [0, 0.1) is 0 Å². The predicted octanol–water partition coefficient (Wildman–Crippen LogP) is 5.92. The van der Waals surface area contributed by atoms with Crippen LogP contribution in [0.2, 0.25) is 10.0 Å². The van der Waals surface area contributed by atoms with Gasteiger partial charge in [0, 0.05) is 19.6 Å². The number of nitrogens with zero attached hydrogens (tertiary/aromatic N) is 1. The summed E-state index contributed by atoms with van der Waals surface area (Å²) in [5.74, 6) is 0.863. The Kier molecular flexibility index (Phi) is 8.26. The summed E-state index contributed by atoms with van der Waals surface area (Å²) in [4.78, 5) is 15.2. The van der Waals surface area contributed by atoms with Crippen LogP contribution in [0.15, 0.2) is 36.4 Å². The molecule has 0 bridgehead atoms. The van der Waals surface area contributed by atoms with Crippen molar-refractivity contribution in [3.63, 3.8) is 0 Å². The maximum absolute atomic E-state index is 13.3. The van der Waals surface area contributed by atoms with Crippen molar-refractivity contribution in [2.75, 3.05) is 26.3 Å². The first-order valence-corrected chi connectivity index (χ1v) is 12.0. The lowest BCUT2D eigenvalue weighted by Crippen LogP contribution is -2.52. The second kappa shape index (κ2) is 10.6. The van der Waals surface area contributed by atoms with Gasteiger partial charge in [0.1, 0.15) is 5.60 Å². The Labute approximate surface area is 201 Å². The van der Waals surface area contributed by atoms with Crippen LogP contribution in [0.5, 0.6) is 0 Å². The normalized spacial score (nSPS) is 19.1. The molecule has 1 aliphatic heterocycles. The molecule has 1 heterocycles. The van der Waals surface area contributed by atoms with Gasteiger partial charge in [-0.2, -0.15) is 0 Å². The van der Waals surface area contributed by atoms with Crippen molar-refractivity contribution in [1.29, 1.82) is 0 Å². The van der Waals surface area contributed by atoms with Crippen molar-refractivity contribution in [2.24, 2.45) is 0 Å². The molecule has 1 amide bonds. The van der Waals surface area contributed by atoms with Gasteiger partial charge in [-0.15, -0.1) is 0 Å². The highest BCUT2D eigenvalue weighted by Gasteiger charge is 2.40. The molecule has 1 saturated heterocycles. The van der Waals surface area contributed by atoms with Crippen LogP contribution >= 0.6 is 23.2 Å². The topological polar surface area (TPSA) is 49.8 Å². The summed E-state index contributed by atoms with van der Waals surface area (Å²) in [7, 11) is 0. The van der Waals surface area contributed by atoms with E-state index >= 15 is 0 Å². The van der Waals surface area contributed by atoms with Crippen LogP contribution in [-0.4, -0.2) is 42.2 Å². The summed E-state index contributed by atoms with van der Waals surface area (Å²) >= 11 is 12.3. The molecule has 1 N–H and O–H groups in total. The monoisotopic (exact) mass is 477 g/mol. The van der Waals surface area contributed by atoms with E-state index in [1.54, 1.807) is 12.1 Å². The van der Waals surface area contributed by atoms with E-state index in [9.17, 15) is 9.90 Å². The van der Waals surface area contributed by atoms with Crippen LogP contribution in [0.3, 0.4) is 0 Å². The van der Waals surface area contributed by atoms with Crippen molar-refractivity contribution in [3.05, 3.63) is 68.7 Å². The highest BCUT2D eigenvalue weighted by molar-refractivity contribution is 6.42. The van der Waals surface area contributed by atoms with Crippen molar-refractivity contribution in [1.82, 2.24) is 4.90 Å². The number of aliphatic hydroxyl groups excluding tert-OH is 1. The number of carbonyl (C=O) groups excluding carboxylic acids is 1. The second-order valence-electron chi connectivity index (χ2n) is 9.25. The largest absolute Gasteiger partial charge is 0.396 e. The fourth-order valence-electron chi connectivity index (χ4n) is 4.23. The van der Waals surface area contributed by atoms with Crippen LogP contribution < -0.4 is 0 Å². The summed E-state index contributed by atoms with van der Waals surface area (Å²) in [5.41, 5.74) is 3.57. The van der Waals surface area contributed by atoms with Crippen molar-refractivity contribution < 1.29 is 14.6 Å². The van der Waals surface area contributed by atoms with Gasteiger partial charge in [0.05, 0.1) is 29.6 Å². The van der Waals surface area contributed by atoms with E-state index < -0.39 is 5.60 Å². The number of rotatable bonds is 7. The van der Waals surface area contributed by atoms with Gasteiger partial charge in [0.15, 0.2) is 0 Å². The molecule has 3 rings (SSSR count). The van der Waals surface area contributed by atoms with Crippen LogP contribution in [-0.2, 0) is 21.6 Å². The molecule has 0 aliphatic carbocycles. The highest BCUT2D eigenvalue weighted by atomic mass is 35.5. The Morgan fingerprint density at radius 3 is 2.28 bits per heavy atom. The number of morpholine rings is 1. The lowest BCUT2D eigenvalue weighted by atomic mass is 9.88. The summed E-state index contributed by atoms with van der Waals surface area (Å²) in [6, 6.07) is 11.9. The minimum absolute atomic E-state index is 0.0591. The molecule has 2 aromatic rings. The molecule has 0 saturated carbocycles. The molecule has 1 fully saturated rings. The Hall–Kier alpha value is -1.59. The third-order valence-corrected chi connectivity index (χ3v) is 6.97. The lowest BCUT2D eigenvalue weighted by Gasteiger charge is -2.43. The fraction of sp³-hybridized carbons (Fsp3) is 0.500. The molecule has 32 heavy (non-hydrogen) atoms. The van der Waals surface area contributed by atoms with E-state index in [4.69, 9.17) is 27.9 Å². The Morgan fingerprint density at radius 2 is 1.72 bits per heavy atom. The third kappa shape index (κ3) is 5.66. The zero-order valence-electron chi connectivity index (χ0n) is 19.3. The van der Waals surface area contributed by atoms with E-state index in [2.05, 4.69) is 45.9 Å². The van der Waals surface area contributed by atoms with Gasteiger partial charge in [-0.1, -0.05) is 75.2 Å². The summed E-state index contributed by atoms with van der Waals surface area (Å²) < 4.78 is 6.16. The maximum Gasteiger partial charge on any atom is 0.227 e. The second-order valence-corrected chi connectivity index (χ2v) is 10.1. The maximum atomic E-state index is 13.3. The standard InChI is InChI=1S/C26H33Cl2NO3/c1-17(2)20-11-19(12-21(14-20)18(3)4)13-25(31)29-8-10-32-26(16-29,7-9-30)22-5-6-23(27)24(28)15-22/h5-6,11-12,14-15,17-18,30H,7-10,13,16H2,1-4H3.